The number of nitrogens with zero attached hydrogens (tertiary/aromatic N) is 2. The Labute approximate surface area is 95.8 Å². The Balaban J connectivity index is 1.93. The first-order valence-electron chi connectivity index (χ1n) is 6.00. The largest absolute Gasteiger partial charge is 0.322 e. The standard InChI is InChI=1S/C11H20FN3O/c1-8-5-15(6-9(2)13-8)11(16)14-4-3-10(12)7-14/h8-10,13H,3-7H2,1-2H3/t8-,9+,10?. The summed E-state index contributed by atoms with van der Waals surface area (Å²) < 4.78 is 13.0. The van der Waals surface area contributed by atoms with Crippen LogP contribution >= 0.6 is 0 Å². The highest BCUT2D eigenvalue weighted by atomic mass is 19.1. The maximum atomic E-state index is 13.0. The van der Waals surface area contributed by atoms with E-state index in [1.807, 2.05) is 4.90 Å². The fourth-order valence-electron chi connectivity index (χ4n) is 2.57. The van der Waals surface area contributed by atoms with Gasteiger partial charge in [-0.2, -0.15) is 0 Å². The van der Waals surface area contributed by atoms with Crippen LogP contribution in [0.2, 0.25) is 0 Å². The van der Waals surface area contributed by atoms with Crippen molar-refractivity contribution in [3.63, 3.8) is 0 Å². The maximum Gasteiger partial charge on any atom is 0.320 e. The van der Waals surface area contributed by atoms with E-state index in [-0.39, 0.29) is 12.6 Å². The van der Waals surface area contributed by atoms with E-state index in [0.29, 0.717) is 25.0 Å². The van der Waals surface area contributed by atoms with Crippen LogP contribution in [0.3, 0.4) is 0 Å². The predicted molar refractivity (Wildman–Crippen MR) is 60.1 cm³/mol. The van der Waals surface area contributed by atoms with Gasteiger partial charge in [-0.25, -0.2) is 9.18 Å². The van der Waals surface area contributed by atoms with Gasteiger partial charge < -0.3 is 15.1 Å². The summed E-state index contributed by atoms with van der Waals surface area (Å²) >= 11 is 0. The van der Waals surface area contributed by atoms with E-state index in [0.717, 1.165) is 13.1 Å². The van der Waals surface area contributed by atoms with Crippen LogP contribution in [0.5, 0.6) is 0 Å². The van der Waals surface area contributed by atoms with Crippen LogP contribution in [-0.2, 0) is 0 Å². The molecule has 2 heterocycles. The summed E-state index contributed by atoms with van der Waals surface area (Å²) in [7, 11) is 0. The summed E-state index contributed by atoms with van der Waals surface area (Å²) in [6.45, 7) is 6.40. The molecule has 2 rings (SSSR count). The number of rotatable bonds is 0. The van der Waals surface area contributed by atoms with Gasteiger partial charge in [0.25, 0.3) is 0 Å². The van der Waals surface area contributed by atoms with Crippen molar-refractivity contribution in [1.82, 2.24) is 15.1 Å². The molecule has 0 aromatic heterocycles. The summed E-state index contributed by atoms with van der Waals surface area (Å²) in [6.07, 6.45) is -0.343. The third-order valence-electron chi connectivity index (χ3n) is 3.23. The van der Waals surface area contributed by atoms with Crippen LogP contribution in [0.25, 0.3) is 0 Å². The van der Waals surface area contributed by atoms with E-state index in [1.54, 1.807) is 4.90 Å². The lowest BCUT2D eigenvalue weighted by Gasteiger charge is -2.38. The van der Waals surface area contributed by atoms with Crippen LogP contribution in [-0.4, -0.2) is 60.3 Å². The average molecular weight is 229 g/mol. The molecule has 92 valence electrons. The van der Waals surface area contributed by atoms with Gasteiger partial charge in [0.15, 0.2) is 0 Å². The van der Waals surface area contributed by atoms with E-state index in [1.165, 1.54) is 0 Å². The van der Waals surface area contributed by atoms with E-state index in [4.69, 9.17) is 0 Å². The van der Waals surface area contributed by atoms with Gasteiger partial charge in [0, 0.05) is 31.7 Å². The molecule has 0 radical (unpaired) electrons. The van der Waals surface area contributed by atoms with E-state index in [2.05, 4.69) is 19.2 Å². The number of likely N-dealkylation sites (tertiary alicyclic amines) is 1. The minimum absolute atomic E-state index is 0.000324. The van der Waals surface area contributed by atoms with Crippen molar-refractivity contribution in [2.24, 2.45) is 0 Å². The van der Waals surface area contributed by atoms with Gasteiger partial charge in [0.1, 0.15) is 6.17 Å². The van der Waals surface area contributed by atoms with Crippen molar-refractivity contribution in [3.8, 4) is 0 Å². The molecule has 16 heavy (non-hydrogen) atoms. The third-order valence-corrected chi connectivity index (χ3v) is 3.23. The number of carbonyl (C=O) groups is 1. The molecule has 2 aliphatic rings. The van der Waals surface area contributed by atoms with Crippen LogP contribution < -0.4 is 5.32 Å². The third kappa shape index (κ3) is 2.45. The SMILES string of the molecule is C[C@@H]1CN(C(=O)N2CCC(F)C2)C[C@H](C)N1. The average Bonchev–Trinajstić information content (AvgIpc) is 2.62. The molecule has 1 unspecified atom stereocenters. The zero-order valence-corrected chi connectivity index (χ0v) is 9.95. The first-order chi connectivity index (χ1) is 7.56. The normalized spacial score (nSPS) is 35.6. The highest BCUT2D eigenvalue weighted by Crippen LogP contribution is 2.16. The summed E-state index contributed by atoms with van der Waals surface area (Å²) in [5.41, 5.74) is 0. The second kappa shape index (κ2) is 4.57. The number of nitrogens with one attached hydrogen (secondary N) is 1. The number of amides is 2. The summed E-state index contributed by atoms with van der Waals surface area (Å²) in [4.78, 5) is 15.6. The molecular weight excluding hydrogens is 209 g/mol. The summed E-state index contributed by atoms with van der Waals surface area (Å²) in [5, 5.41) is 3.38. The van der Waals surface area contributed by atoms with Gasteiger partial charge in [-0.05, 0) is 20.3 Å². The number of halogens is 1. The molecule has 2 amide bonds. The number of carbonyl (C=O) groups excluding carboxylic acids is 1. The van der Waals surface area contributed by atoms with Crippen molar-refractivity contribution in [2.75, 3.05) is 26.2 Å². The van der Waals surface area contributed by atoms with E-state index >= 15 is 0 Å². The fourth-order valence-corrected chi connectivity index (χ4v) is 2.57. The molecule has 0 saturated carbocycles. The minimum atomic E-state index is -0.832. The number of alkyl halides is 1. The summed E-state index contributed by atoms with van der Waals surface area (Å²) in [5.74, 6) is 0. The fraction of sp³-hybridized carbons (Fsp3) is 0.909. The van der Waals surface area contributed by atoms with Crippen molar-refractivity contribution in [3.05, 3.63) is 0 Å². The van der Waals surface area contributed by atoms with E-state index in [9.17, 15) is 9.18 Å². The molecule has 0 bridgehead atoms. The molecule has 0 aromatic carbocycles. The number of piperazine rings is 1. The Morgan fingerprint density at radius 3 is 2.31 bits per heavy atom. The zero-order chi connectivity index (χ0) is 11.7. The first kappa shape index (κ1) is 11.6. The lowest BCUT2D eigenvalue weighted by atomic mass is 10.1. The van der Waals surface area contributed by atoms with Gasteiger partial charge >= 0.3 is 6.03 Å². The molecule has 0 aromatic rings. The predicted octanol–water partition coefficient (Wildman–Crippen LogP) is 0.832. The van der Waals surface area contributed by atoms with Gasteiger partial charge in [-0.3, -0.25) is 0 Å². The Morgan fingerprint density at radius 2 is 1.81 bits per heavy atom. The van der Waals surface area contributed by atoms with Gasteiger partial charge in [-0.1, -0.05) is 0 Å². The number of urea groups is 1. The second-order valence-corrected chi connectivity index (χ2v) is 4.99. The van der Waals surface area contributed by atoms with Crippen molar-refractivity contribution in [2.45, 2.75) is 38.5 Å². The lowest BCUT2D eigenvalue weighted by molar-refractivity contribution is 0.133. The Kier molecular flexibility index (Phi) is 3.33. The van der Waals surface area contributed by atoms with Crippen LogP contribution in [0.4, 0.5) is 9.18 Å². The second-order valence-electron chi connectivity index (χ2n) is 4.99. The van der Waals surface area contributed by atoms with Crippen LogP contribution in [0.1, 0.15) is 20.3 Å². The van der Waals surface area contributed by atoms with Gasteiger partial charge in [0.05, 0.1) is 6.54 Å². The first-order valence-corrected chi connectivity index (χ1v) is 6.00. The topological polar surface area (TPSA) is 35.6 Å². The van der Waals surface area contributed by atoms with Gasteiger partial charge in [0.2, 0.25) is 0 Å². The highest BCUT2D eigenvalue weighted by Gasteiger charge is 2.32. The Hall–Kier alpha value is -0.840. The molecule has 2 saturated heterocycles. The van der Waals surface area contributed by atoms with E-state index < -0.39 is 6.17 Å². The Bertz CT molecular complexity index is 264. The lowest BCUT2D eigenvalue weighted by Crippen LogP contribution is -2.58. The molecule has 1 N–H and O–H groups in total. The van der Waals surface area contributed by atoms with Crippen molar-refractivity contribution < 1.29 is 9.18 Å². The monoisotopic (exact) mass is 229 g/mol. The zero-order valence-electron chi connectivity index (χ0n) is 9.95. The molecule has 5 heteroatoms. The van der Waals surface area contributed by atoms with Crippen molar-refractivity contribution in [1.29, 1.82) is 0 Å². The smallest absolute Gasteiger partial charge is 0.320 e. The number of hydrogen-bond acceptors (Lipinski definition) is 2. The molecule has 4 nitrogen and oxygen atoms in total. The van der Waals surface area contributed by atoms with Crippen LogP contribution in [0, 0.1) is 0 Å². The van der Waals surface area contributed by atoms with Gasteiger partial charge in [-0.15, -0.1) is 0 Å². The molecular formula is C11H20FN3O. The molecule has 2 fully saturated rings. The Morgan fingerprint density at radius 1 is 1.19 bits per heavy atom. The highest BCUT2D eigenvalue weighted by molar-refractivity contribution is 5.75. The molecule has 3 atom stereocenters. The quantitative estimate of drug-likeness (QED) is 0.668. The minimum Gasteiger partial charge on any atom is -0.322 e. The molecule has 0 aliphatic carbocycles. The molecule has 2 aliphatic heterocycles. The molecule has 0 spiro atoms. The maximum absolute atomic E-state index is 13.0. The summed E-state index contributed by atoms with van der Waals surface area (Å²) in [6, 6.07) is 0.633. The van der Waals surface area contributed by atoms with Crippen molar-refractivity contribution >= 4 is 6.03 Å². The number of hydrogen-bond donors (Lipinski definition) is 1. The van der Waals surface area contributed by atoms with Crippen LogP contribution in [0.15, 0.2) is 0 Å².